The first-order chi connectivity index (χ1) is 12.0. The number of hydrogen-bond donors (Lipinski definition) is 2. The molecule has 0 heterocycles. The maximum absolute atomic E-state index is 11.7. The van der Waals surface area contributed by atoms with Crippen LogP contribution in [0.4, 0.5) is 0 Å². The Labute approximate surface area is 156 Å². The lowest BCUT2D eigenvalue weighted by atomic mass is 9.71. The van der Waals surface area contributed by atoms with Crippen molar-refractivity contribution in [3.8, 4) is 0 Å². The molecule has 0 aromatic carbocycles. The highest BCUT2D eigenvalue weighted by atomic mass is 32.2. The third kappa shape index (κ3) is 7.18. The lowest BCUT2D eigenvalue weighted by Crippen LogP contribution is -2.42. The van der Waals surface area contributed by atoms with Crippen LogP contribution in [0.15, 0.2) is 0 Å². The minimum absolute atomic E-state index is 0.336. The molecule has 4 nitrogen and oxygen atoms in total. The Morgan fingerprint density at radius 3 is 2.20 bits per heavy atom. The van der Waals surface area contributed by atoms with E-state index in [0.29, 0.717) is 6.54 Å². The van der Waals surface area contributed by atoms with Crippen LogP contribution in [0.5, 0.6) is 0 Å². The highest BCUT2D eigenvalue weighted by molar-refractivity contribution is 7.90. The smallest absolute Gasteiger partial charge is 0.213 e. The fourth-order valence-corrected chi connectivity index (χ4v) is 5.40. The number of unbranched alkanes of at least 4 members (excludes halogenated alkanes) is 2. The van der Waals surface area contributed by atoms with E-state index >= 15 is 0 Å². The highest BCUT2D eigenvalue weighted by Crippen LogP contribution is 2.38. The standard InChI is InChI=1S/C20H40N2O2S/c1-17(2)25(23,24)22-16-10-4-9-15-21-20-14-8-7-13-19(20)18-11-5-3-6-12-18/h17-22H,3-16H2,1-2H3. The largest absolute Gasteiger partial charge is 0.314 e. The minimum Gasteiger partial charge on any atom is -0.314 e. The monoisotopic (exact) mass is 372 g/mol. The van der Waals surface area contributed by atoms with Crippen LogP contribution in [-0.2, 0) is 10.0 Å². The summed E-state index contributed by atoms with van der Waals surface area (Å²) in [7, 11) is -3.09. The molecule has 2 aliphatic carbocycles. The molecule has 2 atom stereocenters. The van der Waals surface area contributed by atoms with Gasteiger partial charge in [0.05, 0.1) is 5.25 Å². The molecular weight excluding hydrogens is 332 g/mol. The van der Waals surface area contributed by atoms with Gasteiger partial charge in [-0.25, -0.2) is 13.1 Å². The van der Waals surface area contributed by atoms with E-state index in [2.05, 4.69) is 10.0 Å². The molecule has 0 radical (unpaired) electrons. The maximum Gasteiger partial charge on any atom is 0.213 e. The molecule has 0 bridgehead atoms. The molecule has 0 amide bonds. The van der Waals surface area contributed by atoms with Crippen LogP contribution < -0.4 is 10.0 Å². The summed E-state index contributed by atoms with van der Waals surface area (Å²) in [5.74, 6) is 1.88. The second-order valence-corrected chi connectivity index (χ2v) is 10.8. The summed E-state index contributed by atoms with van der Waals surface area (Å²) in [4.78, 5) is 0. The molecule has 0 spiro atoms. The lowest BCUT2D eigenvalue weighted by molar-refractivity contribution is 0.150. The SMILES string of the molecule is CC(C)S(=O)(=O)NCCCCCNC1CCCCC1C1CCCCC1. The molecule has 2 saturated carbocycles. The Balaban J connectivity index is 1.59. The third-order valence-corrected chi connectivity index (χ3v) is 8.11. The van der Waals surface area contributed by atoms with E-state index in [-0.39, 0.29) is 5.25 Å². The van der Waals surface area contributed by atoms with E-state index in [0.717, 1.165) is 43.7 Å². The van der Waals surface area contributed by atoms with E-state index < -0.39 is 10.0 Å². The van der Waals surface area contributed by atoms with E-state index in [9.17, 15) is 8.42 Å². The normalized spacial score (nSPS) is 26.2. The fraction of sp³-hybridized carbons (Fsp3) is 1.00. The molecule has 25 heavy (non-hydrogen) atoms. The Morgan fingerprint density at radius 2 is 1.48 bits per heavy atom. The van der Waals surface area contributed by atoms with Crippen molar-refractivity contribution in [1.29, 1.82) is 0 Å². The Kier molecular flexibility index (Phi) is 9.22. The predicted octanol–water partition coefficient (Wildman–Crippen LogP) is 4.21. The van der Waals surface area contributed by atoms with Gasteiger partial charge in [0.2, 0.25) is 10.0 Å². The molecule has 0 saturated heterocycles. The summed E-state index contributed by atoms with van der Waals surface area (Å²) in [6, 6.07) is 0.733. The summed E-state index contributed by atoms with van der Waals surface area (Å²) in [5, 5.41) is 3.52. The third-order valence-electron chi connectivity index (χ3n) is 6.26. The van der Waals surface area contributed by atoms with Gasteiger partial charge in [0.15, 0.2) is 0 Å². The van der Waals surface area contributed by atoms with Crippen molar-refractivity contribution in [3.63, 3.8) is 0 Å². The Bertz CT molecular complexity index is 458. The van der Waals surface area contributed by atoms with Crippen molar-refractivity contribution in [3.05, 3.63) is 0 Å². The first-order valence-electron chi connectivity index (χ1n) is 10.7. The summed E-state index contributed by atoms with van der Waals surface area (Å²) in [5.41, 5.74) is 0. The van der Waals surface area contributed by atoms with Crippen LogP contribution in [0.1, 0.15) is 90.9 Å². The van der Waals surface area contributed by atoms with E-state index in [1.165, 1.54) is 57.8 Å². The van der Waals surface area contributed by atoms with Gasteiger partial charge in [-0.2, -0.15) is 0 Å². The second-order valence-electron chi connectivity index (χ2n) is 8.46. The second kappa shape index (κ2) is 10.9. The molecular formula is C20H40N2O2S. The van der Waals surface area contributed by atoms with Crippen molar-refractivity contribution in [1.82, 2.24) is 10.0 Å². The van der Waals surface area contributed by atoms with Gasteiger partial charge in [-0.15, -0.1) is 0 Å². The van der Waals surface area contributed by atoms with Gasteiger partial charge in [-0.05, 0) is 57.9 Å². The van der Waals surface area contributed by atoms with E-state index in [1.54, 1.807) is 13.8 Å². The topological polar surface area (TPSA) is 58.2 Å². The molecule has 2 aliphatic rings. The molecule has 2 rings (SSSR count). The van der Waals surface area contributed by atoms with Crippen molar-refractivity contribution < 1.29 is 8.42 Å². The predicted molar refractivity (Wildman–Crippen MR) is 106 cm³/mol. The minimum atomic E-state index is -3.09. The maximum atomic E-state index is 11.7. The van der Waals surface area contributed by atoms with Gasteiger partial charge in [0.1, 0.15) is 0 Å². The van der Waals surface area contributed by atoms with Crippen LogP contribution >= 0.6 is 0 Å². The Morgan fingerprint density at radius 1 is 0.840 bits per heavy atom. The van der Waals surface area contributed by atoms with Crippen molar-refractivity contribution in [2.45, 2.75) is 102 Å². The van der Waals surface area contributed by atoms with Gasteiger partial charge < -0.3 is 5.32 Å². The van der Waals surface area contributed by atoms with Gasteiger partial charge in [-0.1, -0.05) is 51.4 Å². The summed E-state index contributed by atoms with van der Waals surface area (Å²) < 4.78 is 26.1. The van der Waals surface area contributed by atoms with Crippen molar-refractivity contribution in [2.24, 2.45) is 11.8 Å². The number of sulfonamides is 1. The molecule has 5 heteroatoms. The zero-order valence-electron chi connectivity index (χ0n) is 16.4. The quantitative estimate of drug-likeness (QED) is 0.565. The molecule has 0 aromatic rings. The van der Waals surface area contributed by atoms with Crippen LogP contribution in [0.3, 0.4) is 0 Å². The number of hydrogen-bond acceptors (Lipinski definition) is 3. The fourth-order valence-electron chi connectivity index (χ4n) is 4.63. The number of nitrogens with one attached hydrogen (secondary N) is 2. The summed E-state index contributed by atoms with van der Waals surface area (Å²) in [6.45, 7) is 5.11. The average molecular weight is 373 g/mol. The first kappa shape index (κ1) is 21.2. The zero-order valence-corrected chi connectivity index (χ0v) is 17.3. The van der Waals surface area contributed by atoms with Gasteiger partial charge >= 0.3 is 0 Å². The van der Waals surface area contributed by atoms with Crippen LogP contribution in [0, 0.1) is 11.8 Å². The zero-order chi connectivity index (χ0) is 18.1. The van der Waals surface area contributed by atoms with Gasteiger partial charge in [0.25, 0.3) is 0 Å². The molecule has 148 valence electrons. The average Bonchev–Trinajstić information content (AvgIpc) is 2.62. The summed E-state index contributed by atoms with van der Waals surface area (Å²) >= 11 is 0. The lowest BCUT2D eigenvalue weighted by Gasteiger charge is -2.39. The van der Waals surface area contributed by atoms with Gasteiger partial charge in [-0.3, -0.25) is 0 Å². The van der Waals surface area contributed by atoms with Crippen LogP contribution in [0.2, 0.25) is 0 Å². The number of rotatable bonds is 10. The highest BCUT2D eigenvalue weighted by Gasteiger charge is 2.31. The Hall–Kier alpha value is -0.130. The van der Waals surface area contributed by atoms with Crippen LogP contribution in [0.25, 0.3) is 0 Å². The molecule has 0 aliphatic heterocycles. The molecule has 2 unspecified atom stereocenters. The van der Waals surface area contributed by atoms with Crippen molar-refractivity contribution in [2.75, 3.05) is 13.1 Å². The van der Waals surface area contributed by atoms with Crippen LogP contribution in [-0.4, -0.2) is 32.8 Å². The van der Waals surface area contributed by atoms with Gasteiger partial charge in [0, 0.05) is 12.6 Å². The molecule has 2 N–H and O–H groups in total. The van der Waals surface area contributed by atoms with E-state index in [1.807, 2.05) is 0 Å². The molecule has 0 aromatic heterocycles. The summed E-state index contributed by atoms with van der Waals surface area (Å²) in [6.07, 6.45) is 16.0. The molecule has 2 fully saturated rings. The van der Waals surface area contributed by atoms with E-state index in [4.69, 9.17) is 0 Å². The van der Waals surface area contributed by atoms with Crippen molar-refractivity contribution >= 4 is 10.0 Å². The first-order valence-corrected chi connectivity index (χ1v) is 12.3.